The van der Waals surface area contributed by atoms with E-state index in [1.807, 2.05) is 13.0 Å². The van der Waals surface area contributed by atoms with Crippen molar-refractivity contribution in [3.05, 3.63) is 88.9 Å². The van der Waals surface area contributed by atoms with Crippen LogP contribution in [0.5, 0.6) is 5.75 Å². The number of hydrogen-bond donors (Lipinski definition) is 1. The van der Waals surface area contributed by atoms with Gasteiger partial charge in [-0.05, 0) is 73.9 Å². The summed E-state index contributed by atoms with van der Waals surface area (Å²) in [7, 11) is -2.59. The van der Waals surface area contributed by atoms with Gasteiger partial charge in [0.05, 0.1) is 17.7 Å². The molecule has 0 fully saturated rings. The number of hydrogen-bond acceptors (Lipinski definition) is 5. The van der Waals surface area contributed by atoms with E-state index in [-0.39, 0.29) is 17.3 Å². The molecule has 39 heavy (non-hydrogen) atoms. The van der Waals surface area contributed by atoms with E-state index in [0.717, 1.165) is 16.3 Å². The van der Waals surface area contributed by atoms with E-state index >= 15 is 0 Å². The largest absolute Gasteiger partial charge is 0.497 e. The molecule has 0 aliphatic rings. The van der Waals surface area contributed by atoms with Gasteiger partial charge >= 0.3 is 0 Å². The number of anilines is 1. The molecule has 0 saturated carbocycles. The molecule has 3 aromatic rings. The first-order chi connectivity index (χ1) is 18.6. The Morgan fingerprint density at radius 3 is 2.38 bits per heavy atom. The van der Waals surface area contributed by atoms with Crippen LogP contribution in [0, 0.1) is 6.92 Å². The number of carbonyl (C=O) groups excluding carboxylic acids is 2. The van der Waals surface area contributed by atoms with Crippen LogP contribution in [0.25, 0.3) is 0 Å². The smallest absolute Gasteiger partial charge is 0.264 e. The van der Waals surface area contributed by atoms with Gasteiger partial charge in [0.25, 0.3) is 10.0 Å². The molecule has 1 N–H and O–H groups in total. The maximum Gasteiger partial charge on any atom is 0.264 e. The van der Waals surface area contributed by atoms with Crippen molar-refractivity contribution in [3.8, 4) is 5.75 Å². The van der Waals surface area contributed by atoms with E-state index in [1.165, 1.54) is 17.0 Å². The van der Waals surface area contributed by atoms with Crippen molar-refractivity contribution in [2.75, 3.05) is 24.5 Å². The molecule has 0 aliphatic carbocycles. The number of methoxy groups -OCH3 is 1. The van der Waals surface area contributed by atoms with Gasteiger partial charge in [0.1, 0.15) is 18.3 Å². The third-order valence-electron chi connectivity index (χ3n) is 6.24. The number of rotatable bonds is 12. The lowest BCUT2D eigenvalue weighted by atomic mass is 10.1. The van der Waals surface area contributed by atoms with Crippen LogP contribution in [0.15, 0.2) is 77.7 Å². The Kier molecular flexibility index (Phi) is 10.4. The minimum absolute atomic E-state index is 0.0419. The molecule has 0 aliphatic heterocycles. The minimum atomic E-state index is -4.14. The average Bonchev–Trinajstić information content (AvgIpc) is 2.93. The van der Waals surface area contributed by atoms with Crippen LogP contribution in [0.3, 0.4) is 0 Å². The second kappa shape index (κ2) is 13.5. The van der Waals surface area contributed by atoms with Gasteiger partial charge in [-0.15, -0.1) is 0 Å². The summed E-state index contributed by atoms with van der Waals surface area (Å²) in [6.45, 7) is 5.32. The molecule has 1 atom stereocenters. The van der Waals surface area contributed by atoms with Crippen LogP contribution in [0.4, 0.5) is 5.69 Å². The maximum absolute atomic E-state index is 13.9. The summed E-state index contributed by atoms with van der Waals surface area (Å²) in [6.07, 6.45) is 0.737. The Balaban J connectivity index is 2.05. The predicted octanol–water partition coefficient (Wildman–Crippen LogP) is 4.80. The van der Waals surface area contributed by atoms with E-state index in [2.05, 4.69) is 5.32 Å². The Morgan fingerprint density at radius 1 is 1.03 bits per heavy atom. The summed E-state index contributed by atoms with van der Waals surface area (Å²) in [4.78, 5) is 28.3. The molecule has 0 unspecified atom stereocenters. The normalized spacial score (nSPS) is 11.9. The third kappa shape index (κ3) is 7.52. The van der Waals surface area contributed by atoms with Gasteiger partial charge in [0, 0.05) is 18.1 Å². The quantitative estimate of drug-likeness (QED) is 0.337. The summed E-state index contributed by atoms with van der Waals surface area (Å²) in [6, 6.07) is 19.0. The van der Waals surface area contributed by atoms with E-state index in [9.17, 15) is 18.0 Å². The second-order valence-electron chi connectivity index (χ2n) is 9.10. The van der Waals surface area contributed by atoms with Crippen molar-refractivity contribution in [3.63, 3.8) is 0 Å². The molecule has 10 heteroatoms. The first kappa shape index (κ1) is 30.0. The lowest BCUT2D eigenvalue weighted by Crippen LogP contribution is -2.51. The highest BCUT2D eigenvalue weighted by molar-refractivity contribution is 7.92. The highest BCUT2D eigenvalue weighted by Gasteiger charge is 2.33. The number of sulfonamides is 1. The van der Waals surface area contributed by atoms with Gasteiger partial charge in [-0.2, -0.15) is 0 Å². The van der Waals surface area contributed by atoms with Crippen molar-refractivity contribution in [2.45, 2.75) is 44.7 Å². The Labute approximate surface area is 235 Å². The van der Waals surface area contributed by atoms with E-state index in [0.29, 0.717) is 28.6 Å². The summed E-state index contributed by atoms with van der Waals surface area (Å²) < 4.78 is 34.1. The summed E-state index contributed by atoms with van der Waals surface area (Å²) >= 11 is 6.14. The number of aryl methyl sites for hydroxylation is 1. The number of nitrogens with one attached hydrogen (secondary N) is 1. The van der Waals surface area contributed by atoms with Crippen LogP contribution in [0.2, 0.25) is 5.02 Å². The maximum atomic E-state index is 13.9. The molecule has 208 valence electrons. The van der Waals surface area contributed by atoms with Crippen LogP contribution in [-0.4, -0.2) is 51.4 Å². The van der Waals surface area contributed by atoms with Gasteiger partial charge in [0.15, 0.2) is 0 Å². The molecule has 8 nitrogen and oxygen atoms in total. The zero-order valence-electron chi connectivity index (χ0n) is 22.6. The molecular formula is C29H34ClN3O5S. The fourth-order valence-electron chi connectivity index (χ4n) is 4.08. The fourth-order valence-corrected chi connectivity index (χ4v) is 5.80. The highest BCUT2D eigenvalue weighted by atomic mass is 35.5. The average molecular weight is 572 g/mol. The fraction of sp³-hybridized carbons (Fsp3) is 0.310. The van der Waals surface area contributed by atoms with Crippen LogP contribution in [-0.2, 0) is 26.2 Å². The molecule has 3 aromatic carbocycles. The molecule has 2 amide bonds. The minimum Gasteiger partial charge on any atom is -0.497 e. The molecule has 0 heterocycles. The van der Waals surface area contributed by atoms with Gasteiger partial charge in [-0.1, -0.05) is 48.9 Å². The Bertz CT molecular complexity index is 1400. The van der Waals surface area contributed by atoms with Gasteiger partial charge in [-0.3, -0.25) is 13.9 Å². The van der Waals surface area contributed by atoms with Crippen LogP contribution < -0.4 is 14.4 Å². The highest BCUT2D eigenvalue weighted by Crippen LogP contribution is 2.29. The van der Waals surface area contributed by atoms with E-state index in [1.54, 1.807) is 75.6 Å². The van der Waals surface area contributed by atoms with Crippen LogP contribution >= 0.6 is 11.6 Å². The first-order valence-corrected chi connectivity index (χ1v) is 14.4. The monoisotopic (exact) mass is 571 g/mol. The molecule has 0 spiro atoms. The molecular weight excluding hydrogens is 538 g/mol. The standard InChI is InChI=1S/C29H34ClN3O5S/c1-5-16-31-29(35)22(3)32(19-23-10-9-11-25(18-23)38-4)28(34)20-33(27-15-14-24(30)17-21(27)2)39(36,37)26-12-7-6-8-13-26/h6-15,17-18,22H,5,16,19-20H2,1-4H3,(H,31,35)/t22-/m0/s1. The van der Waals surface area contributed by atoms with Gasteiger partial charge < -0.3 is 15.0 Å². The zero-order valence-corrected chi connectivity index (χ0v) is 24.1. The molecule has 0 aromatic heterocycles. The number of ether oxygens (including phenoxy) is 1. The molecule has 3 rings (SSSR count). The first-order valence-electron chi connectivity index (χ1n) is 12.6. The van der Waals surface area contributed by atoms with Crippen LogP contribution in [0.1, 0.15) is 31.4 Å². The Hall–Kier alpha value is -3.56. The predicted molar refractivity (Wildman–Crippen MR) is 153 cm³/mol. The number of benzene rings is 3. The van der Waals surface area contributed by atoms with Crippen molar-refractivity contribution >= 4 is 39.1 Å². The number of amides is 2. The SMILES string of the molecule is CCCNC(=O)[C@H](C)N(Cc1cccc(OC)c1)C(=O)CN(c1ccc(Cl)cc1C)S(=O)(=O)c1ccccc1. The van der Waals surface area contributed by atoms with Crippen molar-refractivity contribution in [1.82, 2.24) is 10.2 Å². The molecule has 0 radical (unpaired) electrons. The number of halogens is 1. The zero-order chi connectivity index (χ0) is 28.6. The third-order valence-corrected chi connectivity index (χ3v) is 8.25. The van der Waals surface area contributed by atoms with Gasteiger partial charge in [-0.25, -0.2) is 8.42 Å². The van der Waals surface area contributed by atoms with E-state index in [4.69, 9.17) is 16.3 Å². The Morgan fingerprint density at radius 2 is 1.74 bits per heavy atom. The lowest BCUT2D eigenvalue weighted by Gasteiger charge is -2.32. The molecule has 0 bridgehead atoms. The second-order valence-corrected chi connectivity index (χ2v) is 11.4. The topological polar surface area (TPSA) is 96.0 Å². The van der Waals surface area contributed by atoms with Crippen molar-refractivity contribution in [2.24, 2.45) is 0 Å². The van der Waals surface area contributed by atoms with Crippen molar-refractivity contribution < 1.29 is 22.7 Å². The van der Waals surface area contributed by atoms with Crippen molar-refractivity contribution in [1.29, 1.82) is 0 Å². The molecule has 0 saturated heterocycles. The lowest BCUT2D eigenvalue weighted by molar-refractivity contribution is -0.139. The summed E-state index contributed by atoms with van der Waals surface area (Å²) in [5.41, 5.74) is 1.64. The summed E-state index contributed by atoms with van der Waals surface area (Å²) in [5.74, 6) is -0.257. The number of nitrogens with zero attached hydrogens (tertiary/aromatic N) is 2. The van der Waals surface area contributed by atoms with E-state index < -0.39 is 28.5 Å². The van der Waals surface area contributed by atoms with Gasteiger partial charge in [0.2, 0.25) is 11.8 Å². The number of carbonyl (C=O) groups is 2. The summed E-state index contributed by atoms with van der Waals surface area (Å²) in [5, 5.41) is 3.27.